The number of amides is 1. The van der Waals surface area contributed by atoms with Crippen molar-refractivity contribution in [1.82, 2.24) is 9.97 Å². The molecule has 1 atom stereocenters. The lowest BCUT2D eigenvalue weighted by Gasteiger charge is -2.40. The van der Waals surface area contributed by atoms with Gasteiger partial charge < -0.3 is 25.1 Å². The largest absolute Gasteiger partial charge is 0.497 e. The molecule has 0 saturated heterocycles. The molecule has 162 valence electrons. The van der Waals surface area contributed by atoms with Crippen molar-refractivity contribution < 1.29 is 14.3 Å². The molecule has 0 aliphatic carbocycles. The van der Waals surface area contributed by atoms with Crippen LogP contribution < -0.4 is 25.7 Å². The van der Waals surface area contributed by atoms with Crippen molar-refractivity contribution in [1.29, 1.82) is 5.26 Å². The summed E-state index contributed by atoms with van der Waals surface area (Å²) >= 11 is 5.08. The van der Waals surface area contributed by atoms with Gasteiger partial charge in [0, 0.05) is 11.1 Å². The monoisotopic (exact) mass is 449 g/mol. The zero-order chi connectivity index (χ0) is 23.2. The van der Waals surface area contributed by atoms with E-state index < -0.39 is 22.4 Å². The van der Waals surface area contributed by atoms with E-state index in [1.807, 2.05) is 39.0 Å². The summed E-state index contributed by atoms with van der Waals surface area (Å²) in [5.74, 6) is -0.341. The van der Waals surface area contributed by atoms with Gasteiger partial charge in [-0.1, -0.05) is 6.08 Å². The van der Waals surface area contributed by atoms with Gasteiger partial charge in [0.2, 0.25) is 17.7 Å². The molecule has 32 heavy (non-hydrogen) atoms. The predicted octanol–water partition coefficient (Wildman–Crippen LogP) is 2.36. The number of anilines is 1. The first-order valence-corrected chi connectivity index (χ1v) is 10.2. The van der Waals surface area contributed by atoms with Crippen LogP contribution in [-0.2, 0) is 10.2 Å². The molecule has 9 nitrogen and oxygen atoms in total. The smallest absolute Gasteiger partial charge is 0.260 e. The van der Waals surface area contributed by atoms with E-state index in [1.165, 1.54) is 7.11 Å². The maximum atomic E-state index is 14.4. The highest BCUT2D eigenvalue weighted by Crippen LogP contribution is 2.59. The summed E-state index contributed by atoms with van der Waals surface area (Å²) < 4.78 is 11.1. The number of carbonyl (C=O) groups is 1. The van der Waals surface area contributed by atoms with Crippen LogP contribution in [0.15, 0.2) is 34.5 Å². The lowest BCUT2D eigenvalue weighted by atomic mass is 9.69. The minimum atomic E-state index is -1.83. The Kier molecular flexibility index (Phi) is 3.83. The third-order valence-electron chi connectivity index (χ3n) is 6.27. The molecule has 1 aromatic heterocycles. The van der Waals surface area contributed by atoms with Crippen LogP contribution in [0, 0.1) is 16.1 Å². The van der Waals surface area contributed by atoms with Gasteiger partial charge in [-0.3, -0.25) is 14.6 Å². The number of nitrogens with two attached hydrogens (primary N) is 1. The molecule has 2 aromatic rings. The maximum Gasteiger partial charge on any atom is 0.260 e. The summed E-state index contributed by atoms with van der Waals surface area (Å²) in [6, 6.07) is 5.54. The summed E-state index contributed by atoms with van der Waals surface area (Å²) in [7, 11) is 1.51. The highest BCUT2D eigenvalue weighted by atomic mass is 32.1. The van der Waals surface area contributed by atoms with Gasteiger partial charge in [0.15, 0.2) is 10.2 Å². The van der Waals surface area contributed by atoms with Gasteiger partial charge in [0.05, 0.1) is 18.3 Å². The second kappa shape index (κ2) is 6.11. The number of aromatic nitrogens is 2. The number of aromatic amines is 2. The fourth-order valence-electron chi connectivity index (χ4n) is 5.14. The van der Waals surface area contributed by atoms with Crippen LogP contribution in [0.1, 0.15) is 37.5 Å². The Morgan fingerprint density at radius 2 is 2.00 bits per heavy atom. The number of carbonyl (C=O) groups excluding carboxylic acids is 1. The first kappa shape index (κ1) is 20.1. The lowest BCUT2D eigenvalue weighted by molar-refractivity contribution is -0.121. The number of ether oxygens (including phenoxy) is 2. The van der Waals surface area contributed by atoms with Crippen molar-refractivity contribution in [2.75, 3.05) is 12.0 Å². The van der Waals surface area contributed by atoms with Gasteiger partial charge in [-0.05, 0) is 50.7 Å². The van der Waals surface area contributed by atoms with Crippen molar-refractivity contribution in [2.24, 2.45) is 5.73 Å². The summed E-state index contributed by atoms with van der Waals surface area (Å²) in [5.41, 5.74) is 5.45. The number of rotatable bonds is 1. The van der Waals surface area contributed by atoms with Gasteiger partial charge in [-0.25, -0.2) is 0 Å². The lowest BCUT2D eigenvalue weighted by Crippen LogP contribution is -2.54. The van der Waals surface area contributed by atoms with Gasteiger partial charge in [-0.15, -0.1) is 0 Å². The number of fused-ring (bicyclic) bond motifs is 3. The van der Waals surface area contributed by atoms with E-state index >= 15 is 0 Å². The molecular formula is C22H19N5O4S. The third kappa shape index (κ3) is 2.18. The SMILES string of the molecule is COc1cc2c3c(c1)[C@]1(C(=O)N3C(C)(C)C=C2C)C(C#N)=C(N)Oc2[nH]c(=S)[nH]c(=O)c21. The number of nitriles is 1. The van der Waals surface area contributed by atoms with E-state index in [4.69, 9.17) is 27.4 Å². The Hall–Kier alpha value is -3.84. The quantitative estimate of drug-likeness (QED) is 0.568. The Morgan fingerprint density at radius 3 is 2.66 bits per heavy atom. The first-order chi connectivity index (χ1) is 15.1. The van der Waals surface area contributed by atoms with Gasteiger partial charge >= 0.3 is 0 Å². The second-order valence-electron chi connectivity index (χ2n) is 8.51. The molecule has 1 spiro atoms. The number of allylic oxidation sites excluding steroid dienone is 1. The fourth-order valence-corrected chi connectivity index (χ4v) is 5.32. The Labute approximate surface area is 187 Å². The molecule has 10 heteroatoms. The molecular weight excluding hydrogens is 430 g/mol. The van der Waals surface area contributed by atoms with Crippen LogP contribution >= 0.6 is 12.2 Å². The number of hydrogen-bond donors (Lipinski definition) is 3. The number of benzene rings is 1. The van der Waals surface area contributed by atoms with Crippen molar-refractivity contribution in [3.05, 3.63) is 61.5 Å². The maximum absolute atomic E-state index is 14.4. The molecule has 0 unspecified atom stereocenters. The molecule has 3 aliphatic heterocycles. The summed E-state index contributed by atoms with van der Waals surface area (Å²) in [5, 5.41) is 10.1. The van der Waals surface area contributed by atoms with Crippen molar-refractivity contribution in [2.45, 2.75) is 31.7 Å². The molecule has 0 bridgehead atoms. The van der Waals surface area contributed by atoms with Crippen molar-refractivity contribution >= 4 is 29.4 Å². The number of H-pyrrole nitrogens is 2. The standard InChI is InChI=1S/C22H19N5O4S/c1-9-7-21(2,3)27-15-11(9)5-10(30-4)6-12(15)22(19(27)29)13(8-23)16(24)31-18-14(22)17(28)25-20(32)26-18/h5-7H,24H2,1-4H3,(H2,25,26,28,32)/t22-/m0/s1. The predicted molar refractivity (Wildman–Crippen MR) is 119 cm³/mol. The zero-order valence-corrected chi connectivity index (χ0v) is 18.6. The van der Waals surface area contributed by atoms with E-state index in [1.54, 1.807) is 11.0 Å². The van der Waals surface area contributed by atoms with Crippen molar-refractivity contribution in [3.63, 3.8) is 0 Å². The minimum absolute atomic E-state index is 0.00752. The molecule has 0 radical (unpaired) electrons. The second-order valence-corrected chi connectivity index (χ2v) is 8.92. The third-order valence-corrected chi connectivity index (χ3v) is 6.47. The van der Waals surface area contributed by atoms with Crippen LogP contribution in [0.5, 0.6) is 11.6 Å². The number of nitrogens with zero attached hydrogens (tertiary/aromatic N) is 2. The van der Waals surface area contributed by atoms with Gasteiger partial charge in [0.25, 0.3) is 5.56 Å². The normalized spacial score (nSPS) is 22.2. The number of methoxy groups -OCH3 is 1. The molecule has 0 saturated carbocycles. The van der Waals surface area contributed by atoms with Gasteiger partial charge in [0.1, 0.15) is 23.0 Å². The topological polar surface area (TPSA) is 137 Å². The van der Waals surface area contributed by atoms with Crippen LogP contribution in [0.4, 0.5) is 5.69 Å². The molecule has 0 fully saturated rings. The van der Waals surface area contributed by atoms with E-state index in [0.29, 0.717) is 17.0 Å². The minimum Gasteiger partial charge on any atom is -0.497 e. The van der Waals surface area contributed by atoms with Crippen LogP contribution in [0.3, 0.4) is 0 Å². The van der Waals surface area contributed by atoms with Gasteiger partial charge in [-0.2, -0.15) is 5.26 Å². The van der Waals surface area contributed by atoms with E-state index in [9.17, 15) is 14.9 Å². The molecule has 4 N–H and O–H groups in total. The van der Waals surface area contributed by atoms with E-state index in [0.717, 1.165) is 11.1 Å². The molecule has 3 aliphatic rings. The Balaban J connectivity index is 2.05. The van der Waals surface area contributed by atoms with Crippen LogP contribution in [-0.4, -0.2) is 28.5 Å². The Morgan fingerprint density at radius 1 is 1.28 bits per heavy atom. The average Bonchev–Trinajstić information content (AvgIpc) is 2.95. The summed E-state index contributed by atoms with van der Waals surface area (Å²) in [4.78, 5) is 34.5. The van der Waals surface area contributed by atoms with E-state index in [-0.39, 0.29) is 27.7 Å². The molecule has 1 aromatic carbocycles. The summed E-state index contributed by atoms with van der Waals surface area (Å²) in [6.07, 6.45) is 1.97. The van der Waals surface area contributed by atoms with Crippen molar-refractivity contribution in [3.8, 4) is 17.7 Å². The first-order valence-electron chi connectivity index (χ1n) is 9.80. The summed E-state index contributed by atoms with van der Waals surface area (Å²) in [6.45, 7) is 5.74. The molecule has 1 amide bonds. The molecule has 5 rings (SSSR count). The average molecular weight is 449 g/mol. The highest BCUT2D eigenvalue weighted by Gasteiger charge is 2.64. The van der Waals surface area contributed by atoms with Crippen LogP contribution in [0.25, 0.3) is 5.57 Å². The molecule has 4 heterocycles. The number of hydrogen-bond acceptors (Lipinski definition) is 7. The number of nitrogens with one attached hydrogen (secondary N) is 2. The Bertz CT molecular complexity index is 1470. The zero-order valence-electron chi connectivity index (χ0n) is 17.7. The fraction of sp³-hybridized carbons (Fsp3) is 0.273. The van der Waals surface area contributed by atoms with Crippen LogP contribution in [0.2, 0.25) is 0 Å². The van der Waals surface area contributed by atoms with E-state index in [2.05, 4.69) is 9.97 Å². The highest BCUT2D eigenvalue weighted by molar-refractivity contribution is 7.71.